The van der Waals surface area contributed by atoms with E-state index < -0.39 is 0 Å². The number of nitrogens with one attached hydrogen (secondary N) is 1. The number of rotatable bonds is 12. The monoisotopic (exact) mass is 293 g/mol. The van der Waals surface area contributed by atoms with E-state index in [9.17, 15) is 0 Å². The van der Waals surface area contributed by atoms with Crippen molar-refractivity contribution in [3.05, 3.63) is 24.6 Å². The van der Waals surface area contributed by atoms with Crippen LogP contribution in [0.1, 0.15) is 78.1 Å². The van der Waals surface area contributed by atoms with Crippen molar-refractivity contribution in [2.24, 2.45) is 5.73 Å². The molecule has 0 aliphatic carbocycles. The van der Waals surface area contributed by atoms with Gasteiger partial charge in [0.15, 0.2) is 0 Å². The molecule has 0 aromatic rings. The fraction of sp³-hybridized carbons (Fsp3) is 0.778. The van der Waals surface area contributed by atoms with Crippen LogP contribution in [-0.4, -0.2) is 17.2 Å². The first-order chi connectivity index (χ1) is 10.3. The maximum atomic E-state index is 5.93. The molecule has 0 aromatic carbocycles. The molecular weight excluding hydrogens is 258 g/mol. The molecule has 0 saturated heterocycles. The standard InChI is InChI=1S/C18H35N3/c1-3-4-5-6-7-8-9-10-11-12-13-14-18-20-15-16-21(18)17(2)19/h12-13,15-18,20H,3-11,14,19H2,1-2H3/b13-12+. The fourth-order valence-electron chi connectivity index (χ4n) is 2.78. The van der Waals surface area contributed by atoms with E-state index in [1.807, 2.05) is 19.3 Å². The number of unbranched alkanes of at least 4 members (excludes halogenated alkanes) is 8. The summed E-state index contributed by atoms with van der Waals surface area (Å²) >= 11 is 0. The summed E-state index contributed by atoms with van der Waals surface area (Å²) in [5.74, 6) is 0. The third kappa shape index (κ3) is 8.15. The van der Waals surface area contributed by atoms with Gasteiger partial charge < -0.3 is 16.0 Å². The van der Waals surface area contributed by atoms with E-state index in [0.717, 1.165) is 6.42 Å². The van der Waals surface area contributed by atoms with Crippen molar-refractivity contribution >= 4 is 0 Å². The number of hydrogen-bond donors (Lipinski definition) is 2. The Hall–Kier alpha value is -0.960. The summed E-state index contributed by atoms with van der Waals surface area (Å²) in [5.41, 5.74) is 5.93. The van der Waals surface area contributed by atoms with Gasteiger partial charge in [0.25, 0.3) is 0 Å². The van der Waals surface area contributed by atoms with Gasteiger partial charge in [0.2, 0.25) is 0 Å². The molecule has 0 spiro atoms. The lowest BCUT2D eigenvalue weighted by Gasteiger charge is -2.28. The van der Waals surface area contributed by atoms with Gasteiger partial charge in [-0.2, -0.15) is 0 Å². The minimum atomic E-state index is 0.0716. The second-order valence-electron chi connectivity index (χ2n) is 6.16. The highest BCUT2D eigenvalue weighted by molar-refractivity contribution is 4.99. The Labute approximate surface area is 131 Å². The van der Waals surface area contributed by atoms with Crippen molar-refractivity contribution in [1.29, 1.82) is 0 Å². The van der Waals surface area contributed by atoms with E-state index in [0.29, 0.717) is 6.17 Å². The van der Waals surface area contributed by atoms with Crippen LogP contribution in [0, 0.1) is 0 Å². The highest BCUT2D eigenvalue weighted by Gasteiger charge is 2.19. The van der Waals surface area contributed by atoms with Gasteiger partial charge in [-0.3, -0.25) is 0 Å². The summed E-state index contributed by atoms with van der Waals surface area (Å²) in [6, 6.07) is 0. The van der Waals surface area contributed by atoms with E-state index in [1.54, 1.807) is 0 Å². The average molecular weight is 293 g/mol. The number of hydrogen-bond acceptors (Lipinski definition) is 3. The van der Waals surface area contributed by atoms with E-state index in [4.69, 9.17) is 5.73 Å². The first kappa shape index (κ1) is 18.1. The Morgan fingerprint density at radius 3 is 2.43 bits per heavy atom. The smallest absolute Gasteiger partial charge is 0.103 e. The Kier molecular flexibility index (Phi) is 10.1. The Bertz CT molecular complexity index is 297. The third-order valence-corrected chi connectivity index (χ3v) is 4.12. The van der Waals surface area contributed by atoms with Crippen molar-refractivity contribution in [2.45, 2.75) is 90.4 Å². The number of allylic oxidation sites excluding steroid dienone is 1. The highest BCUT2D eigenvalue weighted by atomic mass is 15.3. The quantitative estimate of drug-likeness (QED) is 0.412. The topological polar surface area (TPSA) is 41.3 Å². The Balaban J connectivity index is 1.93. The van der Waals surface area contributed by atoms with Crippen LogP contribution in [0.15, 0.2) is 24.6 Å². The lowest BCUT2D eigenvalue weighted by atomic mass is 10.1. The molecule has 0 radical (unpaired) electrons. The molecule has 0 amide bonds. The van der Waals surface area contributed by atoms with Gasteiger partial charge in [0.05, 0.1) is 6.17 Å². The molecule has 1 rings (SSSR count). The molecule has 2 unspecified atom stereocenters. The van der Waals surface area contributed by atoms with Crippen LogP contribution in [0.2, 0.25) is 0 Å². The molecule has 0 aromatic heterocycles. The van der Waals surface area contributed by atoms with Crippen molar-refractivity contribution in [2.75, 3.05) is 0 Å². The molecular formula is C18H35N3. The predicted octanol–water partition coefficient (Wildman–Crippen LogP) is 4.47. The Morgan fingerprint density at radius 2 is 1.76 bits per heavy atom. The van der Waals surface area contributed by atoms with E-state index >= 15 is 0 Å². The molecule has 0 saturated carbocycles. The molecule has 0 bridgehead atoms. The SMILES string of the molecule is CCCCCCCCCC/C=C/CC1NC=CN1C(C)N. The molecule has 3 heteroatoms. The zero-order valence-electron chi connectivity index (χ0n) is 14.1. The van der Waals surface area contributed by atoms with Crippen molar-refractivity contribution in [3.63, 3.8) is 0 Å². The van der Waals surface area contributed by atoms with Gasteiger partial charge in [-0.1, -0.05) is 64.0 Å². The molecule has 3 nitrogen and oxygen atoms in total. The lowest BCUT2D eigenvalue weighted by molar-refractivity contribution is 0.223. The number of nitrogens with two attached hydrogens (primary N) is 1. The summed E-state index contributed by atoms with van der Waals surface area (Å²) in [6.07, 6.45) is 22.4. The first-order valence-corrected chi connectivity index (χ1v) is 8.86. The maximum Gasteiger partial charge on any atom is 0.103 e. The fourth-order valence-corrected chi connectivity index (χ4v) is 2.78. The summed E-state index contributed by atoms with van der Waals surface area (Å²) in [4.78, 5) is 2.17. The number of nitrogens with zero attached hydrogens (tertiary/aromatic N) is 1. The van der Waals surface area contributed by atoms with Crippen LogP contribution in [-0.2, 0) is 0 Å². The molecule has 122 valence electrons. The largest absolute Gasteiger partial charge is 0.370 e. The summed E-state index contributed by atoms with van der Waals surface area (Å²) < 4.78 is 0. The van der Waals surface area contributed by atoms with Gasteiger partial charge in [-0.15, -0.1) is 0 Å². The van der Waals surface area contributed by atoms with Crippen molar-refractivity contribution in [3.8, 4) is 0 Å². The van der Waals surface area contributed by atoms with Crippen LogP contribution < -0.4 is 11.1 Å². The Morgan fingerprint density at radius 1 is 1.10 bits per heavy atom. The van der Waals surface area contributed by atoms with Crippen LogP contribution in [0.5, 0.6) is 0 Å². The maximum absolute atomic E-state index is 5.93. The average Bonchev–Trinajstić information content (AvgIpc) is 2.93. The molecule has 3 N–H and O–H groups in total. The molecule has 1 heterocycles. The van der Waals surface area contributed by atoms with Crippen LogP contribution in [0.3, 0.4) is 0 Å². The molecule has 1 aliphatic heterocycles. The van der Waals surface area contributed by atoms with Gasteiger partial charge >= 0.3 is 0 Å². The minimum Gasteiger partial charge on any atom is -0.370 e. The van der Waals surface area contributed by atoms with Crippen molar-refractivity contribution in [1.82, 2.24) is 10.2 Å². The van der Waals surface area contributed by atoms with Gasteiger partial charge in [0.1, 0.15) is 6.17 Å². The third-order valence-electron chi connectivity index (χ3n) is 4.12. The van der Waals surface area contributed by atoms with E-state index in [1.165, 1.54) is 57.8 Å². The minimum absolute atomic E-state index is 0.0716. The second kappa shape index (κ2) is 11.7. The molecule has 1 aliphatic rings. The van der Waals surface area contributed by atoms with Crippen molar-refractivity contribution < 1.29 is 0 Å². The molecule has 2 atom stereocenters. The lowest BCUT2D eigenvalue weighted by Crippen LogP contribution is -2.44. The van der Waals surface area contributed by atoms with E-state index in [2.05, 4.69) is 29.3 Å². The van der Waals surface area contributed by atoms with Crippen LogP contribution >= 0.6 is 0 Å². The second-order valence-corrected chi connectivity index (χ2v) is 6.16. The first-order valence-electron chi connectivity index (χ1n) is 8.86. The van der Waals surface area contributed by atoms with Crippen LogP contribution in [0.25, 0.3) is 0 Å². The molecule has 0 fully saturated rings. The highest BCUT2D eigenvalue weighted by Crippen LogP contribution is 2.12. The summed E-state index contributed by atoms with van der Waals surface area (Å²) in [6.45, 7) is 4.30. The predicted molar refractivity (Wildman–Crippen MR) is 92.5 cm³/mol. The molecule has 21 heavy (non-hydrogen) atoms. The zero-order valence-corrected chi connectivity index (χ0v) is 14.1. The van der Waals surface area contributed by atoms with Crippen LogP contribution in [0.4, 0.5) is 0 Å². The van der Waals surface area contributed by atoms with Gasteiger partial charge in [0, 0.05) is 18.8 Å². The zero-order chi connectivity index (χ0) is 15.3. The van der Waals surface area contributed by atoms with E-state index in [-0.39, 0.29) is 6.17 Å². The normalized spacial score (nSPS) is 19.4. The van der Waals surface area contributed by atoms with Gasteiger partial charge in [-0.25, -0.2) is 0 Å². The summed E-state index contributed by atoms with van der Waals surface area (Å²) in [7, 11) is 0. The summed E-state index contributed by atoms with van der Waals surface area (Å²) in [5, 5.41) is 3.34. The van der Waals surface area contributed by atoms with Gasteiger partial charge in [-0.05, 0) is 19.8 Å².